The van der Waals surface area contributed by atoms with Gasteiger partial charge in [0.05, 0.1) is 5.92 Å². The van der Waals surface area contributed by atoms with E-state index in [-0.39, 0.29) is 11.7 Å². The fourth-order valence-corrected chi connectivity index (χ4v) is 2.76. The first-order valence-electron chi connectivity index (χ1n) is 7.55. The maximum absolute atomic E-state index is 13.6. The van der Waals surface area contributed by atoms with Crippen LogP contribution in [-0.2, 0) is 4.79 Å². The van der Waals surface area contributed by atoms with Gasteiger partial charge in [0.25, 0.3) is 0 Å². The van der Waals surface area contributed by atoms with Crippen LogP contribution in [0.25, 0.3) is 0 Å². The van der Waals surface area contributed by atoms with Crippen LogP contribution >= 0.6 is 0 Å². The number of hydrogen-bond donors (Lipinski definition) is 0. The Bertz CT molecular complexity index is 549. The Hall–Kier alpha value is -1.79. The molecule has 0 N–H and O–H groups in total. The molecule has 1 aliphatic rings. The highest BCUT2D eigenvalue weighted by Crippen LogP contribution is 2.32. The smallest absolute Gasteiger partial charge is 0.426 e. The second-order valence-corrected chi connectivity index (χ2v) is 5.69. The van der Waals surface area contributed by atoms with Gasteiger partial charge >= 0.3 is 12.3 Å². The Morgan fingerprint density at radius 3 is 2.39 bits per heavy atom. The first-order chi connectivity index (χ1) is 10.8. The van der Waals surface area contributed by atoms with Crippen LogP contribution in [-0.4, -0.2) is 12.3 Å². The molecule has 1 fully saturated rings. The summed E-state index contributed by atoms with van der Waals surface area (Å²) in [5, 5.41) is 0. The third kappa shape index (κ3) is 5.11. The Labute approximate surface area is 131 Å². The monoisotopic (exact) mass is 334 g/mol. The van der Waals surface area contributed by atoms with Crippen LogP contribution in [0.3, 0.4) is 0 Å². The molecule has 1 aromatic rings. The van der Waals surface area contributed by atoms with Crippen molar-refractivity contribution in [2.45, 2.75) is 45.4 Å². The minimum Gasteiger partial charge on any atom is -0.426 e. The van der Waals surface area contributed by atoms with E-state index in [1.54, 1.807) is 0 Å². The summed E-state index contributed by atoms with van der Waals surface area (Å²) in [6.07, 6.45) is -0.569. The fraction of sp³-hybridized carbons (Fsp3) is 0.562. The summed E-state index contributed by atoms with van der Waals surface area (Å²) in [6, 6.07) is 2.59. The van der Waals surface area contributed by atoms with Crippen LogP contribution in [0.4, 0.5) is 17.6 Å². The first kappa shape index (κ1) is 17.6. The van der Waals surface area contributed by atoms with Crippen LogP contribution in [0.2, 0.25) is 0 Å². The van der Waals surface area contributed by atoms with Crippen molar-refractivity contribution < 1.29 is 31.8 Å². The van der Waals surface area contributed by atoms with Gasteiger partial charge in [-0.1, -0.05) is 13.3 Å². The maximum atomic E-state index is 13.6. The van der Waals surface area contributed by atoms with E-state index >= 15 is 0 Å². The molecular weight excluding hydrogens is 316 g/mol. The summed E-state index contributed by atoms with van der Waals surface area (Å²) in [4.78, 5) is 12.0. The zero-order chi connectivity index (χ0) is 17.0. The molecule has 0 aromatic heterocycles. The van der Waals surface area contributed by atoms with E-state index in [2.05, 4.69) is 11.7 Å². The lowest BCUT2D eigenvalue weighted by atomic mass is 9.81. The highest BCUT2D eigenvalue weighted by Gasteiger charge is 2.32. The zero-order valence-electron chi connectivity index (χ0n) is 12.7. The average molecular weight is 334 g/mol. The van der Waals surface area contributed by atoms with Gasteiger partial charge in [0.2, 0.25) is 0 Å². The number of rotatable bonds is 4. The van der Waals surface area contributed by atoms with Gasteiger partial charge in [-0.25, -0.2) is 4.39 Å². The lowest BCUT2D eigenvalue weighted by Gasteiger charge is -2.26. The van der Waals surface area contributed by atoms with Crippen LogP contribution in [0, 0.1) is 17.7 Å². The van der Waals surface area contributed by atoms with E-state index in [4.69, 9.17) is 4.74 Å². The Morgan fingerprint density at radius 1 is 1.22 bits per heavy atom. The molecule has 7 heteroatoms. The molecule has 0 spiro atoms. The van der Waals surface area contributed by atoms with Crippen LogP contribution < -0.4 is 9.47 Å². The molecule has 0 radical (unpaired) electrons. The molecule has 1 saturated carbocycles. The average Bonchev–Trinajstić information content (AvgIpc) is 2.49. The highest BCUT2D eigenvalue weighted by molar-refractivity contribution is 5.75. The molecule has 0 bridgehead atoms. The molecule has 128 valence electrons. The van der Waals surface area contributed by atoms with Crippen molar-refractivity contribution in [3.05, 3.63) is 24.0 Å². The summed E-state index contributed by atoms with van der Waals surface area (Å²) in [5.41, 5.74) is 0. The van der Waals surface area contributed by atoms with Gasteiger partial charge in [-0.05, 0) is 43.7 Å². The standard InChI is InChI=1S/C16H18F4O3/c1-2-10-3-5-11(6-4-10)15(21)22-12-7-8-14(13(17)9-12)23-16(18,19)20/h7-11H,2-6H2,1H3/t10-,11-. The molecule has 1 aliphatic carbocycles. The van der Waals surface area contributed by atoms with Gasteiger partial charge in [0, 0.05) is 6.07 Å². The van der Waals surface area contributed by atoms with E-state index in [0.717, 1.165) is 50.3 Å². The van der Waals surface area contributed by atoms with Crippen molar-refractivity contribution in [2.75, 3.05) is 0 Å². The predicted octanol–water partition coefficient (Wildman–Crippen LogP) is 4.85. The van der Waals surface area contributed by atoms with Crippen LogP contribution in [0.1, 0.15) is 39.0 Å². The van der Waals surface area contributed by atoms with Crippen LogP contribution in [0.5, 0.6) is 11.5 Å². The van der Waals surface area contributed by atoms with Gasteiger partial charge in [0.1, 0.15) is 5.75 Å². The van der Waals surface area contributed by atoms with Crippen molar-refractivity contribution in [1.29, 1.82) is 0 Å². The lowest BCUT2D eigenvalue weighted by Crippen LogP contribution is -2.25. The lowest BCUT2D eigenvalue weighted by molar-refractivity contribution is -0.275. The number of carbonyl (C=O) groups excluding carboxylic acids is 1. The highest BCUT2D eigenvalue weighted by atomic mass is 19.4. The van der Waals surface area contributed by atoms with E-state index in [0.29, 0.717) is 5.92 Å². The summed E-state index contributed by atoms with van der Waals surface area (Å²) in [6.45, 7) is 2.11. The van der Waals surface area contributed by atoms with Gasteiger partial charge in [0.15, 0.2) is 11.6 Å². The molecule has 0 amide bonds. The minimum atomic E-state index is -4.98. The van der Waals surface area contributed by atoms with Crippen molar-refractivity contribution in [3.63, 3.8) is 0 Å². The Kier molecular flexibility index (Phi) is 5.49. The number of alkyl halides is 3. The molecule has 0 aliphatic heterocycles. The molecule has 3 nitrogen and oxygen atoms in total. The molecule has 0 saturated heterocycles. The van der Waals surface area contributed by atoms with E-state index in [1.165, 1.54) is 0 Å². The van der Waals surface area contributed by atoms with Crippen molar-refractivity contribution >= 4 is 5.97 Å². The van der Waals surface area contributed by atoms with E-state index in [9.17, 15) is 22.4 Å². The van der Waals surface area contributed by atoms with Gasteiger partial charge in [-0.2, -0.15) is 0 Å². The maximum Gasteiger partial charge on any atom is 0.573 e. The number of hydrogen-bond acceptors (Lipinski definition) is 3. The molecule has 0 unspecified atom stereocenters. The van der Waals surface area contributed by atoms with Gasteiger partial charge in [-0.3, -0.25) is 4.79 Å². The van der Waals surface area contributed by atoms with E-state index in [1.807, 2.05) is 0 Å². The third-order valence-electron chi connectivity index (χ3n) is 4.10. The largest absolute Gasteiger partial charge is 0.573 e. The van der Waals surface area contributed by atoms with Crippen molar-refractivity contribution in [3.8, 4) is 11.5 Å². The number of halogens is 4. The third-order valence-corrected chi connectivity index (χ3v) is 4.10. The molecule has 2 rings (SSSR count). The molecule has 0 atom stereocenters. The number of carbonyl (C=O) groups is 1. The van der Waals surface area contributed by atoms with Crippen LogP contribution in [0.15, 0.2) is 18.2 Å². The summed E-state index contributed by atoms with van der Waals surface area (Å²) < 4.78 is 58.3. The second-order valence-electron chi connectivity index (χ2n) is 5.69. The quantitative estimate of drug-likeness (QED) is 0.449. The molecular formula is C16H18F4O3. The minimum absolute atomic E-state index is 0.125. The van der Waals surface area contributed by atoms with Crippen molar-refractivity contribution in [1.82, 2.24) is 0 Å². The molecule has 0 heterocycles. The molecule has 23 heavy (non-hydrogen) atoms. The second kappa shape index (κ2) is 7.19. The number of benzene rings is 1. The Balaban J connectivity index is 1.95. The predicted molar refractivity (Wildman–Crippen MR) is 74.5 cm³/mol. The summed E-state index contributed by atoms with van der Waals surface area (Å²) in [5.74, 6) is -2.41. The number of esters is 1. The van der Waals surface area contributed by atoms with Gasteiger partial charge < -0.3 is 9.47 Å². The first-order valence-corrected chi connectivity index (χ1v) is 7.55. The topological polar surface area (TPSA) is 35.5 Å². The summed E-state index contributed by atoms with van der Waals surface area (Å²) in [7, 11) is 0. The van der Waals surface area contributed by atoms with Crippen molar-refractivity contribution in [2.24, 2.45) is 11.8 Å². The Morgan fingerprint density at radius 2 is 1.87 bits per heavy atom. The zero-order valence-corrected chi connectivity index (χ0v) is 12.7. The SMILES string of the molecule is CC[C@H]1CC[C@H](C(=O)Oc2ccc(OC(F)(F)F)c(F)c2)CC1. The van der Waals surface area contributed by atoms with Gasteiger partial charge in [-0.15, -0.1) is 13.2 Å². The number of ether oxygens (including phenoxy) is 2. The fourth-order valence-electron chi connectivity index (χ4n) is 2.76. The van der Waals surface area contributed by atoms with E-state index < -0.39 is 23.9 Å². The normalized spacial score (nSPS) is 21.8. The molecule has 1 aromatic carbocycles. The summed E-state index contributed by atoms with van der Waals surface area (Å²) >= 11 is 0.